The summed E-state index contributed by atoms with van der Waals surface area (Å²) < 4.78 is 4.96. The predicted octanol–water partition coefficient (Wildman–Crippen LogP) is -0.945. The van der Waals surface area contributed by atoms with Gasteiger partial charge < -0.3 is 14.6 Å². The predicted molar refractivity (Wildman–Crippen MR) is 80.4 cm³/mol. The topological polar surface area (TPSA) is 66.4 Å². The molecule has 0 aliphatic carbocycles. The zero-order valence-corrected chi connectivity index (χ0v) is 16.6. The largest absolute Gasteiger partial charge is 1.00 e. The second-order valence-corrected chi connectivity index (χ2v) is 4.01. The van der Waals surface area contributed by atoms with Crippen LogP contribution in [0.5, 0.6) is 0 Å². The van der Waals surface area contributed by atoms with Crippen molar-refractivity contribution in [2.24, 2.45) is 0 Å². The van der Waals surface area contributed by atoms with E-state index in [9.17, 15) is 14.7 Å². The van der Waals surface area contributed by atoms with Crippen molar-refractivity contribution < 1.29 is 70.8 Å². The quantitative estimate of drug-likeness (QED) is 0.292. The van der Waals surface area contributed by atoms with Crippen LogP contribution in [0.15, 0.2) is 54.6 Å². The summed E-state index contributed by atoms with van der Waals surface area (Å²) in [6.45, 7) is 4.08. The molecule has 0 spiro atoms. The Morgan fingerprint density at radius 3 is 2.32 bits per heavy atom. The van der Waals surface area contributed by atoms with Crippen LogP contribution in [0.1, 0.15) is 25.8 Å². The van der Waals surface area contributed by atoms with Crippen molar-refractivity contribution >= 4 is 11.9 Å². The first-order valence-corrected chi connectivity index (χ1v) is 6.80. The molecule has 5 heteroatoms. The number of carbonyl (C=O) groups is 2. The molecule has 0 amide bonds. The molecule has 0 heterocycles. The van der Waals surface area contributed by atoms with Crippen LogP contribution in [-0.2, 0) is 20.7 Å². The van der Waals surface area contributed by atoms with E-state index in [1.807, 2.05) is 30.3 Å². The molecule has 1 aromatic carbocycles. The molecule has 0 radical (unpaired) electrons. The number of carboxylic acid groups (broad SMARTS) is 1. The molecule has 0 saturated carbocycles. The van der Waals surface area contributed by atoms with E-state index in [4.69, 9.17) is 4.74 Å². The Bertz CT molecular complexity index is 467. The molecular weight excluding hydrogens is 307 g/mol. The summed E-state index contributed by atoms with van der Waals surface area (Å²) in [5, 5.41) is 9.64. The Kier molecular flexibility index (Phi) is 17.8. The number of hydrogen-bond acceptors (Lipinski definition) is 4. The number of carboxylic acids is 1. The minimum atomic E-state index is -1.16. The monoisotopic (exact) mass is 328 g/mol. The average Bonchev–Trinajstić information content (AvgIpc) is 2.49. The molecule has 0 aromatic heterocycles. The second kappa shape index (κ2) is 16.6. The molecule has 1 rings (SSSR count). The molecule has 4 nitrogen and oxygen atoms in total. The van der Waals surface area contributed by atoms with Gasteiger partial charge in [0.1, 0.15) is 0 Å². The van der Waals surface area contributed by atoms with Crippen molar-refractivity contribution in [1.29, 1.82) is 0 Å². The van der Waals surface area contributed by atoms with Gasteiger partial charge in [0, 0.05) is 12.8 Å². The summed E-state index contributed by atoms with van der Waals surface area (Å²) in [7, 11) is 0. The molecule has 0 bridgehead atoms. The normalized spacial score (nSPS) is 9.73. The number of ether oxygens (including phenoxy) is 1. The number of allylic oxidation sites excluding steroid dienone is 3. The minimum Gasteiger partial charge on any atom is -0.545 e. The third kappa shape index (κ3) is 15.7. The van der Waals surface area contributed by atoms with E-state index in [1.54, 1.807) is 26.0 Å². The van der Waals surface area contributed by atoms with Gasteiger partial charge in [-0.3, -0.25) is 4.79 Å². The smallest absolute Gasteiger partial charge is 0.545 e. The Balaban J connectivity index is 0. The van der Waals surface area contributed by atoms with Crippen LogP contribution in [0.3, 0.4) is 0 Å². The van der Waals surface area contributed by atoms with Crippen LogP contribution in [0, 0.1) is 0 Å². The molecule has 0 atom stereocenters. The summed E-state index contributed by atoms with van der Waals surface area (Å²) in [5.41, 5.74) is 1.20. The van der Waals surface area contributed by atoms with Crippen LogP contribution in [0.2, 0.25) is 0 Å². The van der Waals surface area contributed by atoms with Crippen LogP contribution >= 0.6 is 0 Å². The maximum atomic E-state index is 10.8. The Hall–Kier alpha value is -0.724. The third-order valence-corrected chi connectivity index (χ3v) is 2.32. The average molecular weight is 328 g/mol. The van der Waals surface area contributed by atoms with E-state index in [-0.39, 0.29) is 57.4 Å². The molecule has 0 aliphatic heterocycles. The van der Waals surface area contributed by atoms with Crippen molar-refractivity contribution in [3.05, 3.63) is 60.2 Å². The third-order valence-electron chi connectivity index (χ3n) is 2.32. The second-order valence-electron chi connectivity index (χ2n) is 4.01. The minimum absolute atomic E-state index is 0. The van der Waals surface area contributed by atoms with Crippen molar-refractivity contribution in [2.45, 2.75) is 26.7 Å². The van der Waals surface area contributed by atoms with Crippen LogP contribution in [0.4, 0.5) is 0 Å². The number of benzene rings is 1. The van der Waals surface area contributed by atoms with Gasteiger partial charge in [0.2, 0.25) is 0 Å². The van der Waals surface area contributed by atoms with E-state index < -0.39 is 5.97 Å². The fourth-order valence-corrected chi connectivity index (χ4v) is 1.27. The first kappa shape index (κ1) is 23.5. The molecule has 0 unspecified atom stereocenters. The molecule has 0 N–H and O–H groups in total. The number of carbonyl (C=O) groups excluding carboxylic acids is 2. The SMILES string of the molecule is CC=CC=CC(=O)[O-].CCC(=O)OCCc1ccccc1.[K+]. The zero-order valence-electron chi connectivity index (χ0n) is 13.5. The number of esters is 1. The Morgan fingerprint density at radius 1 is 1.18 bits per heavy atom. The fourth-order valence-electron chi connectivity index (χ4n) is 1.27. The van der Waals surface area contributed by atoms with E-state index in [0.29, 0.717) is 13.0 Å². The summed E-state index contributed by atoms with van der Waals surface area (Å²) in [5.74, 6) is -1.29. The van der Waals surface area contributed by atoms with Crippen LogP contribution in [-0.4, -0.2) is 18.5 Å². The summed E-state index contributed by atoms with van der Waals surface area (Å²) >= 11 is 0. The van der Waals surface area contributed by atoms with Gasteiger partial charge in [-0.05, 0) is 18.6 Å². The van der Waals surface area contributed by atoms with Crippen molar-refractivity contribution in [1.82, 2.24) is 0 Å². The van der Waals surface area contributed by atoms with E-state index in [2.05, 4.69) is 0 Å². The van der Waals surface area contributed by atoms with Gasteiger partial charge in [-0.2, -0.15) is 0 Å². The number of rotatable bonds is 6. The molecule has 0 fully saturated rings. The molecular formula is C17H21KO4. The number of aliphatic carboxylic acids is 1. The van der Waals surface area contributed by atoms with Gasteiger partial charge in [-0.1, -0.05) is 55.5 Å². The van der Waals surface area contributed by atoms with Crippen molar-refractivity contribution in [3.63, 3.8) is 0 Å². The van der Waals surface area contributed by atoms with Gasteiger partial charge in [0.05, 0.1) is 12.6 Å². The Morgan fingerprint density at radius 2 is 1.82 bits per heavy atom. The summed E-state index contributed by atoms with van der Waals surface area (Å²) in [4.78, 5) is 20.4. The summed E-state index contributed by atoms with van der Waals surface area (Å²) in [6, 6.07) is 10.00. The van der Waals surface area contributed by atoms with Gasteiger partial charge in [-0.25, -0.2) is 0 Å². The fraction of sp³-hybridized carbons (Fsp3) is 0.294. The van der Waals surface area contributed by atoms with Crippen molar-refractivity contribution in [2.75, 3.05) is 6.61 Å². The molecule has 114 valence electrons. The van der Waals surface area contributed by atoms with Gasteiger partial charge in [0.25, 0.3) is 0 Å². The van der Waals surface area contributed by atoms with Gasteiger partial charge in [-0.15, -0.1) is 0 Å². The Labute approximate surface area is 174 Å². The number of hydrogen-bond donors (Lipinski definition) is 0. The van der Waals surface area contributed by atoms with Gasteiger partial charge in [0.15, 0.2) is 0 Å². The van der Waals surface area contributed by atoms with E-state index in [0.717, 1.165) is 12.5 Å². The van der Waals surface area contributed by atoms with E-state index >= 15 is 0 Å². The first-order valence-electron chi connectivity index (χ1n) is 6.80. The molecule has 0 aliphatic rings. The maximum Gasteiger partial charge on any atom is 1.00 e. The first-order chi connectivity index (χ1) is 10.1. The molecule has 22 heavy (non-hydrogen) atoms. The standard InChI is InChI=1S/C11H14O2.C6H8O2.K/c1-2-11(12)13-9-8-10-6-4-3-5-7-10;1-2-3-4-5-6(7)8;/h3-7H,2,8-9H2,1H3;2-5H,1H3,(H,7,8);/q;;+1/p-1. The maximum absolute atomic E-state index is 10.8. The van der Waals surface area contributed by atoms with Gasteiger partial charge >= 0.3 is 57.4 Å². The molecule has 1 aromatic rings. The van der Waals surface area contributed by atoms with Crippen LogP contribution < -0.4 is 56.5 Å². The molecule has 0 saturated heterocycles. The van der Waals surface area contributed by atoms with Crippen molar-refractivity contribution in [3.8, 4) is 0 Å². The van der Waals surface area contributed by atoms with E-state index in [1.165, 1.54) is 11.6 Å². The van der Waals surface area contributed by atoms with Crippen LogP contribution in [0.25, 0.3) is 0 Å². The zero-order chi connectivity index (χ0) is 15.9. The summed E-state index contributed by atoms with van der Waals surface area (Å²) in [6.07, 6.45) is 6.99.